The lowest BCUT2D eigenvalue weighted by Gasteiger charge is -1.97. The first-order valence-corrected chi connectivity index (χ1v) is 4.79. The van der Waals surface area contributed by atoms with Crippen LogP contribution in [0.5, 0.6) is 5.75 Å². The summed E-state index contributed by atoms with van der Waals surface area (Å²) in [5.74, 6) is 0.232. The van der Waals surface area contributed by atoms with Gasteiger partial charge in [-0.2, -0.15) is 0 Å². The van der Waals surface area contributed by atoms with Gasteiger partial charge in [-0.15, -0.1) is 0 Å². The van der Waals surface area contributed by atoms with E-state index in [1.807, 2.05) is 0 Å². The molecule has 0 unspecified atom stereocenters. The molecule has 0 radical (unpaired) electrons. The van der Waals surface area contributed by atoms with Crippen LogP contribution in [0.25, 0.3) is 0 Å². The van der Waals surface area contributed by atoms with E-state index in [0.29, 0.717) is 6.42 Å². The minimum atomic E-state index is 0.140. The van der Waals surface area contributed by atoms with Crippen molar-refractivity contribution in [3.05, 3.63) is 29.8 Å². The first-order chi connectivity index (χ1) is 5.72. The number of thioether (sulfide) groups is 1. The zero-order chi connectivity index (χ0) is 8.97. The van der Waals surface area contributed by atoms with Gasteiger partial charge in [0.1, 0.15) is 5.75 Å². The third kappa shape index (κ3) is 2.58. The van der Waals surface area contributed by atoms with Crippen LogP contribution in [0, 0.1) is 0 Å². The Balaban J connectivity index is 2.64. The standard InChI is InChI=1S/C9H10O2S/c1-12-9(11)6-7-2-4-8(10)5-3-7/h2-5,10H,6H2,1H3. The molecule has 0 saturated heterocycles. The molecule has 2 nitrogen and oxygen atoms in total. The van der Waals surface area contributed by atoms with Crippen LogP contribution < -0.4 is 0 Å². The number of aromatic hydroxyl groups is 1. The van der Waals surface area contributed by atoms with Gasteiger partial charge in [0.15, 0.2) is 5.12 Å². The minimum Gasteiger partial charge on any atom is -0.508 e. The molecule has 1 rings (SSSR count). The molecule has 1 aromatic rings. The Morgan fingerprint density at radius 1 is 1.42 bits per heavy atom. The number of benzene rings is 1. The second kappa shape index (κ2) is 4.16. The molecule has 0 aromatic heterocycles. The van der Waals surface area contributed by atoms with Crippen LogP contribution in [0.3, 0.4) is 0 Å². The van der Waals surface area contributed by atoms with Crippen molar-refractivity contribution in [2.24, 2.45) is 0 Å². The third-order valence-corrected chi connectivity index (χ3v) is 2.11. The third-order valence-electron chi connectivity index (χ3n) is 1.51. The number of carbonyl (C=O) groups is 1. The van der Waals surface area contributed by atoms with Gasteiger partial charge in [0.2, 0.25) is 0 Å². The van der Waals surface area contributed by atoms with Gasteiger partial charge in [-0.05, 0) is 24.0 Å². The monoisotopic (exact) mass is 182 g/mol. The Morgan fingerprint density at radius 3 is 2.50 bits per heavy atom. The Bertz CT molecular complexity index is 266. The van der Waals surface area contributed by atoms with E-state index in [2.05, 4.69) is 0 Å². The molecule has 0 spiro atoms. The molecular weight excluding hydrogens is 172 g/mol. The first-order valence-electron chi connectivity index (χ1n) is 3.57. The van der Waals surface area contributed by atoms with Crippen molar-refractivity contribution in [3.8, 4) is 5.75 Å². The summed E-state index contributed by atoms with van der Waals surface area (Å²) in [4.78, 5) is 11.0. The number of phenols is 1. The predicted molar refractivity (Wildman–Crippen MR) is 50.3 cm³/mol. The molecular formula is C9H10O2S. The van der Waals surface area contributed by atoms with Gasteiger partial charge in [-0.25, -0.2) is 0 Å². The van der Waals surface area contributed by atoms with Gasteiger partial charge in [0.25, 0.3) is 0 Å². The molecule has 1 N–H and O–H groups in total. The molecule has 0 aliphatic carbocycles. The second-order valence-corrected chi connectivity index (χ2v) is 3.28. The van der Waals surface area contributed by atoms with Gasteiger partial charge in [0, 0.05) is 6.42 Å². The van der Waals surface area contributed by atoms with Gasteiger partial charge >= 0.3 is 0 Å². The number of rotatable bonds is 2. The molecule has 0 bridgehead atoms. The van der Waals surface area contributed by atoms with Crippen molar-refractivity contribution < 1.29 is 9.90 Å². The Hall–Kier alpha value is -0.960. The largest absolute Gasteiger partial charge is 0.508 e. The molecule has 1 aromatic carbocycles. The summed E-state index contributed by atoms with van der Waals surface area (Å²) in [5.41, 5.74) is 0.937. The van der Waals surface area contributed by atoms with Gasteiger partial charge in [-0.3, -0.25) is 4.79 Å². The maximum atomic E-state index is 11.0. The molecule has 0 fully saturated rings. The summed E-state index contributed by atoms with van der Waals surface area (Å²) >= 11 is 1.22. The summed E-state index contributed by atoms with van der Waals surface area (Å²) in [6.07, 6.45) is 2.20. The highest BCUT2D eigenvalue weighted by atomic mass is 32.2. The lowest BCUT2D eigenvalue weighted by molar-refractivity contribution is -0.110. The second-order valence-electron chi connectivity index (χ2n) is 2.42. The predicted octanol–water partition coefficient (Wildman–Crippen LogP) is 1.82. The zero-order valence-electron chi connectivity index (χ0n) is 6.78. The average Bonchev–Trinajstić information content (AvgIpc) is 2.09. The van der Waals surface area contributed by atoms with Crippen LogP contribution in [-0.2, 0) is 11.2 Å². The van der Waals surface area contributed by atoms with E-state index >= 15 is 0 Å². The van der Waals surface area contributed by atoms with Crippen LogP contribution in [0.2, 0.25) is 0 Å². The summed E-state index contributed by atoms with van der Waals surface area (Å²) in [7, 11) is 0. The molecule has 0 amide bonds. The van der Waals surface area contributed by atoms with E-state index in [4.69, 9.17) is 5.11 Å². The van der Waals surface area contributed by atoms with Crippen molar-refractivity contribution in [1.82, 2.24) is 0 Å². The molecule has 0 atom stereocenters. The van der Waals surface area contributed by atoms with Crippen molar-refractivity contribution in [1.29, 1.82) is 0 Å². The Kier molecular flexibility index (Phi) is 3.17. The topological polar surface area (TPSA) is 37.3 Å². The molecule has 12 heavy (non-hydrogen) atoms. The maximum Gasteiger partial charge on any atom is 0.193 e. The quantitative estimate of drug-likeness (QED) is 0.758. The number of hydrogen-bond donors (Lipinski definition) is 1. The van der Waals surface area contributed by atoms with E-state index in [1.165, 1.54) is 11.8 Å². The smallest absolute Gasteiger partial charge is 0.193 e. The molecule has 0 heterocycles. The van der Waals surface area contributed by atoms with Crippen LogP contribution in [0.15, 0.2) is 24.3 Å². The lowest BCUT2D eigenvalue weighted by atomic mass is 10.2. The fourth-order valence-corrected chi connectivity index (χ4v) is 1.16. The highest BCUT2D eigenvalue weighted by Crippen LogP contribution is 2.11. The highest BCUT2D eigenvalue weighted by molar-refractivity contribution is 8.13. The summed E-state index contributed by atoms with van der Waals surface area (Å²) in [5, 5.41) is 9.10. The SMILES string of the molecule is CSC(=O)Cc1ccc(O)cc1. The van der Waals surface area contributed by atoms with Crippen molar-refractivity contribution in [3.63, 3.8) is 0 Å². The van der Waals surface area contributed by atoms with Crippen molar-refractivity contribution in [2.75, 3.05) is 6.26 Å². The molecule has 0 saturated carbocycles. The van der Waals surface area contributed by atoms with Crippen LogP contribution in [-0.4, -0.2) is 16.5 Å². The maximum absolute atomic E-state index is 11.0. The normalized spacial score (nSPS) is 9.75. The summed E-state index contributed by atoms with van der Waals surface area (Å²) in [6, 6.07) is 6.68. The molecule has 64 valence electrons. The minimum absolute atomic E-state index is 0.140. The van der Waals surface area contributed by atoms with E-state index in [-0.39, 0.29) is 10.9 Å². The van der Waals surface area contributed by atoms with E-state index < -0.39 is 0 Å². The van der Waals surface area contributed by atoms with Gasteiger partial charge in [0.05, 0.1) is 0 Å². The zero-order valence-corrected chi connectivity index (χ0v) is 7.60. The van der Waals surface area contributed by atoms with Gasteiger partial charge in [-0.1, -0.05) is 23.9 Å². The first kappa shape index (κ1) is 9.13. The van der Waals surface area contributed by atoms with E-state index in [1.54, 1.807) is 30.5 Å². The molecule has 0 aliphatic heterocycles. The Labute approximate surface area is 75.6 Å². The number of hydrogen-bond acceptors (Lipinski definition) is 3. The Morgan fingerprint density at radius 2 is 2.00 bits per heavy atom. The van der Waals surface area contributed by atoms with Crippen LogP contribution in [0.1, 0.15) is 5.56 Å². The fourth-order valence-electron chi connectivity index (χ4n) is 0.853. The van der Waals surface area contributed by atoms with Gasteiger partial charge < -0.3 is 5.11 Å². The number of carbonyl (C=O) groups excluding carboxylic acids is 1. The van der Waals surface area contributed by atoms with Crippen LogP contribution in [0.4, 0.5) is 0 Å². The highest BCUT2D eigenvalue weighted by Gasteiger charge is 2.00. The lowest BCUT2D eigenvalue weighted by Crippen LogP contribution is -1.95. The average molecular weight is 182 g/mol. The van der Waals surface area contributed by atoms with E-state index in [9.17, 15) is 4.79 Å². The molecule has 3 heteroatoms. The van der Waals surface area contributed by atoms with E-state index in [0.717, 1.165) is 5.56 Å². The van der Waals surface area contributed by atoms with Crippen LogP contribution >= 0.6 is 11.8 Å². The summed E-state index contributed by atoms with van der Waals surface area (Å²) < 4.78 is 0. The van der Waals surface area contributed by atoms with Crippen molar-refractivity contribution in [2.45, 2.75) is 6.42 Å². The van der Waals surface area contributed by atoms with Crippen molar-refractivity contribution >= 4 is 16.9 Å². The molecule has 0 aliphatic rings. The summed E-state index contributed by atoms with van der Waals surface area (Å²) in [6.45, 7) is 0. The number of phenolic OH excluding ortho intramolecular Hbond substituents is 1. The fraction of sp³-hybridized carbons (Fsp3) is 0.222.